The lowest BCUT2D eigenvalue weighted by Crippen LogP contribution is -2.54. The molecule has 168 valence electrons. The molecule has 0 radical (unpaired) electrons. The second-order valence-electron chi connectivity index (χ2n) is 8.36. The van der Waals surface area contributed by atoms with Gasteiger partial charge in [-0.3, -0.25) is 14.9 Å². The first-order valence-electron chi connectivity index (χ1n) is 11.1. The summed E-state index contributed by atoms with van der Waals surface area (Å²) in [4.78, 5) is 39.4. The number of carbonyl (C=O) groups is 3. The maximum Gasteiger partial charge on any atom is 0.335 e. The van der Waals surface area contributed by atoms with Gasteiger partial charge >= 0.3 is 6.03 Å². The lowest BCUT2D eigenvalue weighted by atomic mass is 9.98. The van der Waals surface area contributed by atoms with E-state index in [9.17, 15) is 14.4 Å². The maximum atomic E-state index is 13.3. The van der Waals surface area contributed by atoms with Crippen LogP contribution in [0.15, 0.2) is 66.2 Å². The molecule has 1 unspecified atom stereocenters. The Bertz CT molecular complexity index is 1250. The number of urea groups is 1. The highest BCUT2D eigenvalue weighted by molar-refractivity contribution is 6.39. The Balaban J connectivity index is 1.71. The number of barbiturate groups is 1. The molecule has 4 rings (SSSR count). The van der Waals surface area contributed by atoms with Gasteiger partial charge in [0.25, 0.3) is 11.8 Å². The van der Waals surface area contributed by atoms with Crippen LogP contribution < -0.4 is 10.2 Å². The molecule has 2 heterocycles. The molecule has 1 N–H and O–H groups in total. The van der Waals surface area contributed by atoms with Crippen LogP contribution in [-0.2, 0) is 9.59 Å². The molecule has 1 aromatic heterocycles. The summed E-state index contributed by atoms with van der Waals surface area (Å²) >= 11 is 0. The van der Waals surface area contributed by atoms with E-state index in [-0.39, 0.29) is 5.57 Å². The van der Waals surface area contributed by atoms with Gasteiger partial charge in [0.05, 0.1) is 5.69 Å². The van der Waals surface area contributed by atoms with Gasteiger partial charge in [-0.25, -0.2) is 9.69 Å². The highest BCUT2D eigenvalue weighted by Crippen LogP contribution is 2.27. The van der Waals surface area contributed by atoms with Gasteiger partial charge in [-0.1, -0.05) is 44.2 Å². The highest BCUT2D eigenvalue weighted by atomic mass is 16.2. The number of carbonyl (C=O) groups excluding carboxylic acids is 3. The summed E-state index contributed by atoms with van der Waals surface area (Å²) in [7, 11) is 0. The molecule has 1 fully saturated rings. The Morgan fingerprint density at radius 2 is 1.61 bits per heavy atom. The van der Waals surface area contributed by atoms with Crippen LogP contribution >= 0.6 is 0 Å². The van der Waals surface area contributed by atoms with E-state index in [1.54, 1.807) is 18.2 Å². The molecule has 0 bridgehead atoms. The minimum Gasteiger partial charge on any atom is -0.318 e. The monoisotopic (exact) mass is 441 g/mol. The SMILES string of the molecule is CCC(C)c1ccc(N2C(=O)NC(=O)/C(=C/c3cc(C)n(-c4ccccc4)c3C)C2=O)cc1. The first-order chi connectivity index (χ1) is 15.8. The summed E-state index contributed by atoms with van der Waals surface area (Å²) in [6, 6.07) is 18.4. The Morgan fingerprint density at radius 3 is 2.24 bits per heavy atom. The average Bonchev–Trinajstić information content (AvgIpc) is 3.09. The topological polar surface area (TPSA) is 71.4 Å². The van der Waals surface area contributed by atoms with Gasteiger partial charge in [0, 0.05) is 17.1 Å². The molecular weight excluding hydrogens is 414 g/mol. The number of aromatic nitrogens is 1. The Kier molecular flexibility index (Phi) is 6.01. The molecule has 33 heavy (non-hydrogen) atoms. The van der Waals surface area contributed by atoms with Crippen molar-refractivity contribution in [2.45, 2.75) is 40.0 Å². The number of amides is 4. The number of benzene rings is 2. The van der Waals surface area contributed by atoms with Crippen molar-refractivity contribution in [1.82, 2.24) is 9.88 Å². The maximum absolute atomic E-state index is 13.3. The minimum absolute atomic E-state index is 0.0751. The van der Waals surface area contributed by atoms with E-state index in [0.29, 0.717) is 11.6 Å². The summed E-state index contributed by atoms with van der Waals surface area (Å²) in [6.45, 7) is 8.14. The Labute approximate surface area is 193 Å². The summed E-state index contributed by atoms with van der Waals surface area (Å²) in [5, 5.41) is 2.30. The van der Waals surface area contributed by atoms with E-state index in [2.05, 4.69) is 23.7 Å². The molecule has 0 saturated carbocycles. The summed E-state index contributed by atoms with van der Waals surface area (Å²) in [6.07, 6.45) is 2.55. The minimum atomic E-state index is -0.742. The van der Waals surface area contributed by atoms with Crippen molar-refractivity contribution >= 4 is 29.6 Å². The number of imide groups is 2. The predicted octanol–water partition coefficient (Wildman–Crippen LogP) is 5.27. The van der Waals surface area contributed by atoms with Crippen molar-refractivity contribution in [2.75, 3.05) is 4.90 Å². The number of hydrogen-bond acceptors (Lipinski definition) is 3. The number of rotatable bonds is 5. The molecule has 4 amide bonds. The first-order valence-corrected chi connectivity index (χ1v) is 11.1. The molecule has 1 aliphatic rings. The number of hydrogen-bond donors (Lipinski definition) is 1. The third-order valence-electron chi connectivity index (χ3n) is 6.22. The van der Waals surface area contributed by atoms with Crippen LogP contribution in [-0.4, -0.2) is 22.4 Å². The number of para-hydroxylation sites is 1. The summed E-state index contributed by atoms with van der Waals surface area (Å²) in [5.41, 5.74) is 5.10. The third kappa shape index (κ3) is 4.12. The lowest BCUT2D eigenvalue weighted by Gasteiger charge is -2.26. The van der Waals surface area contributed by atoms with Crippen LogP contribution in [0.3, 0.4) is 0 Å². The van der Waals surface area contributed by atoms with Gasteiger partial charge in [0.15, 0.2) is 0 Å². The molecule has 0 spiro atoms. The highest BCUT2D eigenvalue weighted by Gasteiger charge is 2.37. The average molecular weight is 442 g/mol. The fourth-order valence-corrected chi connectivity index (χ4v) is 4.14. The summed E-state index contributed by atoms with van der Waals surface area (Å²) < 4.78 is 2.06. The molecule has 1 atom stereocenters. The fraction of sp³-hybridized carbons (Fsp3) is 0.222. The molecule has 0 aliphatic carbocycles. The molecule has 3 aromatic rings. The normalized spacial score (nSPS) is 16.3. The fourth-order valence-electron chi connectivity index (χ4n) is 4.14. The quantitative estimate of drug-likeness (QED) is 0.433. The van der Waals surface area contributed by atoms with Gasteiger partial charge in [-0.05, 0) is 73.7 Å². The Morgan fingerprint density at radius 1 is 0.939 bits per heavy atom. The van der Waals surface area contributed by atoms with Crippen molar-refractivity contribution < 1.29 is 14.4 Å². The second kappa shape index (κ2) is 8.90. The first kappa shape index (κ1) is 22.3. The standard InChI is InChI=1S/C27H27N3O3/c1-5-17(2)20-11-13-23(14-12-20)30-26(32)24(25(31)28-27(30)33)16-21-15-18(3)29(19(21)4)22-9-7-6-8-10-22/h6-17H,5H2,1-4H3,(H,28,31,33)/b24-16-. The molecular formula is C27H27N3O3. The molecule has 6 nitrogen and oxygen atoms in total. The number of aryl methyl sites for hydroxylation is 1. The van der Waals surface area contributed by atoms with Gasteiger partial charge in [0.1, 0.15) is 5.57 Å². The van der Waals surface area contributed by atoms with Crippen LogP contribution in [0.1, 0.15) is 48.7 Å². The van der Waals surface area contributed by atoms with Gasteiger partial charge in [-0.15, -0.1) is 0 Å². The van der Waals surface area contributed by atoms with E-state index in [1.165, 1.54) is 0 Å². The number of nitrogens with one attached hydrogen (secondary N) is 1. The third-order valence-corrected chi connectivity index (χ3v) is 6.22. The zero-order valence-corrected chi connectivity index (χ0v) is 19.3. The van der Waals surface area contributed by atoms with Crippen LogP contribution in [0.25, 0.3) is 11.8 Å². The van der Waals surface area contributed by atoms with E-state index >= 15 is 0 Å². The predicted molar refractivity (Wildman–Crippen MR) is 129 cm³/mol. The van der Waals surface area contributed by atoms with Crippen LogP contribution in [0.5, 0.6) is 0 Å². The van der Waals surface area contributed by atoms with Crippen molar-refractivity contribution in [3.8, 4) is 5.69 Å². The van der Waals surface area contributed by atoms with Crippen molar-refractivity contribution in [2.24, 2.45) is 0 Å². The van der Waals surface area contributed by atoms with Gasteiger partial charge in [0.2, 0.25) is 0 Å². The number of nitrogens with zero attached hydrogens (tertiary/aromatic N) is 2. The molecule has 2 aromatic carbocycles. The van der Waals surface area contributed by atoms with Crippen LogP contribution in [0.2, 0.25) is 0 Å². The zero-order valence-electron chi connectivity index (χ0n) is 19.3. The lowest BCUT2D eigenvalue weighted by molar-refractivity contribution is -0.122. The van der Waals surface area contributed by atoms with Crippen LogP contribution in [0.4, 0.5) is 10.5 Å². The summed E-state index contributed by atoms with van der Waals surface area (Å²) in [5.74, 6) is -0.951. The van der Waals surface area contributed by atoms with E-state index < -0.39 is 17.8 Å². The van der Waals surface area contributed by atoms with E-state index in [4.69, 9.17) is 0 Å². The van der Waals surface area contributed by atoms with Crippen molar-refractivity contribution in [3.63, 3.8) is 0 Å². The molecule has 6 heteroatoms. The molecule has 1 saturated heterocycles. The van der Waals surface area contributed by atoms with Crippen molar-refractivity contribution in [3.05, 3.63) is 88.8 Å². The molecule has 1 aliphatic heterocycles. The van der Waals surface area contributed by atoms with Gasteiger partial charge < -0.3 is 4.57 Å². The van der Waals surface area contributed by atoms with E-state index in [1.807, 2.05) is 62.4 Å². The largest absolute Gasteiger partial charge is 0.335 e. The zero-order chi connectivity index (χ0) is 23.7. The van der Waals surface area contributed by atoms with Gasteiger partial charge in [-0.2, -0.15) is 0 Å². The second-order valence-corrected chi connectivity index (χ2v) is 8.36. The van der Waals surface area contributed by atoms with E-state index in [0.717, 1.165) is 39.5 Å². The number of anilines is 1. The van der Waals surface area contributed by atoms with Crippen molar-refractivity contribution in [1.29, 1.82) is 0 Å². The Hall–Kier alpha value is -3.93. The smallest absolute Gasteiger partial charge is 0.318 e. The van der Waals surface area contributed by atoms with Crippen LogP contribution in [0, 0.1) is 13.8 Å².